The van der Waals surface area contributed by atoms with Crippen LogP contribution in [-0.4, -0.2) is 31.1 Å². The first-order chi connectivity index (χ1) is 9.11. The van der Waals surface area contributed by atoms with Crippen molar-refractivity contribution in [2.45, 2.75) is 40.0 Å². The molecule has 0 radical (unpaired) electrons. The van der Waals surface area contributed by atoms with Crippen LogP contribution in [0.25, 0.3) is 0 Å². The summed E-state index contributed by atoms with van der Waals surface area (Å²) in [6.45, 7) is 8.35. The minimum Gasteiger partial charge on any atom is -0.356 e. The number of hydrogen-bond donors (Lipinski definition) is 2. The van der Waals surface area contributed by atoms with Crippen molar-refractivity contribution < 1.29 is 0 Å². The molecule has 2 N–H and O–H groups in total. The van der Waals surface area contributed by atoms with E-state index in [1.54, 1.807) is 11.3 Å². The number of halogens is 1. The zero-order valence-electron chi connectivity index (χ0n) is 12.9. The monoisotopic (exact) mass is 410 g/mol. The molecule has 0 aliphatic carbocycles. The Kier molecular flexibility index (Phi) is 11.1. The van der Waals surface area contributed by atoms with Crippen molar-refractivity contribution >= 4 is 41.3 Å². The van der Waals surface area contributed by atoms with Crippen LogP contribution in [0.2, 0.25) is 0 Å². The van der Waals surface area contributed by atoms with Gasteiger partial charge in [-0.25, -0.2) is 4.98 Å². The Labute approximate surface area is 143 Å². The van der Waals surface area contributed by atoms with Gasteiger partial charge >= 0.3 is 0 Å². The standard InChI is InChI=1S/C14H26N4S.HI/c1-11(2)9-17-14(15-4)16-8-6-5-7-13-18-12(3)10-19-13;/h10-11H,5-9H2,1-4H3,(H2,15,16,17);1H. The fraction of sp³-hybridized carbons (Fsp3) is 0.714. The SMILES string of the molecule is CN=C(NCCCCc1nc(C)cs1)NCC(C)C.I. The van der Waals surface area contributed by atoms with E-state index in [4.69, 9.17) is 0 Å². The van der Waals surface area contributed by atoms with Crippen molar-refractivity contribution in [3.8, 4) is 0 Å². The molecular formula is C14H27IN4S. The highest BCUT2D eigenvalue weighted by Crippen LogP contribution is 2.11. The molecule has 0 fully saturated rings. The number of guanidine groups is 1. The maximum Gasteiger partial charge on any atom is 0.190 e. The van der Waals surface area contributed by atoms with Gasteiger partial charge in [0, 0.05) is 31.2 Å². The summed E-state index contributed by atoms with van der Waals surface area (Å²) in [6, 6.07) is 0. The highest BCUT2D eigenvalue weighted by atomic mass is 127. The summed E-state index contributed by atoms with van der Waals surface area (Å²) in [5.41, 5.74) is 1.14. The Morgan fingerprint density at radius 2 is 2.10 bits per heavy atom. The first kappa shape index (κ1) is 19.6. The first-order valence-corrected chi connectivity index (χ1v) is 7.85. The van der Waals surface area contributed by atoms with Crippen LogP contribution in [0, 0.1) is 12.8 Å². The zero-order valence-corrected chi connectivity index (χ0v) is 16.0. The molecule has 20 heavy (non-hydrogen) atoms. The lowest BCUT2D eigenvalue weighted by Crippen LogP contribution is -2.39. The van der Waals surface area contributed by atoms with Crippen LogP contribution in [0.15, 0.2) is 10.4 Å². The van der Waals surface area contributed by atoms with E-state index < -0.39 is 0 Å². The predicted octanol–water partition coefficient (Wildman–Crippen LogP) is 3.21. The molecule has 1 rings (SSSR count). The molecule has 0 saturated heterocycles. The molecule has 0 aromatic carbocycles. The molecule has 6 heteroatoms. The minimum absolute atomic E-state index is 0. The molecule has 0 unspecified atom stereocenters. The molecule has 0 spiro atoms. The lowest BCUT2D eigenvalue weighted by atomic mass is 10.2. The van der Waals surface area contributed by atoms with Crippen LogP contribution in [0.3, 0.4) is 0 Å². The molecule has 0 saturated carbocycles. The van der Waals surface area contributed by atoms with Gasteiger partial charge in [-0.1, -0.05) is 13.8 Å². The lowest BCUT2D eigenvalue weighted by Gasteiger charge is -2.13. The van der Waals surface area contributed by atoms with Crippen molar-refractivity contribution in [2.75, 3.05) is 20.1 Å². The van der Waals surface area contributed by atoms with E-state index in [2.05, 4.69) is 39.8 Å². The van der Waals surface area contributed by atoms with E-state index in [1.165, 1.54) is 11.4 Å². The maximum absolute atomic E-state index is 4.47. The topological polar surface area (TPSA) is 49.3 Å². The molecule has 0 aliphatic rings. The summed E-state index contributed by atoms with van der Waals surface area (Å²) in [5.74, 6) is 1.53. The summed E-state index contributed by atoms with van der Waals surface area (Å²) in [5, 5.41) is 10.0. The lowest BCUT2D eigenvalue weighted by molar-refractivity contribution is 0.610. The van der Waals surface area contributed by atoms with E-state index in [1.807, 2.05) is 14.0 Å². The third-order valence-electron chi connectivity index (χ3n) is 2.68. The van der Waals surface area contributed by atoms with Crippen LogP contribution in [0.5, 0.6) is 0 Å². The maximum atomic E-state index is 4.47. The summed E-state index contributed by atoms with van der Waals surface area (Å²) in [4.78, 5) is 8.67. The van der Waals surface area contributed by atoms with Gasteiger partial charge in [0.1, 0.15) is 0 Å². The number of nitrogens with zero attached hydrogens (tertiary/aromatic N) is 2. The zero-order chi connectivity index (χ0) is 14.1. The molecule has 1 heterocycles. The van der Waals surface area contributed by atoms with Crippen molar-refractivity contribution in [3.63, 3.8) is 0 Å². The van der Waals surface area contributed by atoms with E-state index in [0.29, 0.717) is 5.92 Å². The molecule has 0 atom stereocenters. The van der Waals surface area contributed by atoms with Crippen LogP contribution < -0.4 is 10.6 Å². The van der Waals surface area contributed by atoms with Crippen LogP contribution >= 0.6 is 35.3 Å². The Morgan fingerprint density at radius 1 is 1.35 bits per heavy atom. The Balaban J connectivity index is 0.00000361. The quantitative estimate of drug-likeness (QED) is 0.314. The smallest absolute Gasteiger partial charge is 0.190 e. The highest BCUT2D eigenvalue weighted by molar-refractivity contribution is 14.0. The average molecular weight is 410 g/mol. The molecular weight excluding hydrogens is 383 g/mol. The van der Waals surface area contributed by atoms with Gasteiger partial charge in [0.2, 0.25) is 0 Å². The largest absolute Gasteiger partial charge is 0.356 e. The van der Waals surface area contributed by atoms with Gasteiger partial charge in [0.15, 0.2) is 5.96 Å². The second kappa shape index (κ2) is 11.3. The van der Waals surface area contributed by atoms with Gasteiger partial charge in [-0.05, 0) is 32.1 Å². The summed E-state index contributed by atoms with van der Waals surface area (Å²) >= 11 is 1.76. The fourth-order valence-corrected chi connectivity index (χ4v) is 2.47. The Morgan fingerprint density at radius 3 is 2.65 bits per heavy atom. The number of rotatable bonds is 7. The van der Waals surface area contributed by atoms with Gasteiger partial charge in [-0.15, -0.1) is 35.3 Å². The molecule has 4 nitrogen and oxygen atoms in total. The minimum atomic E-state index is 0. The van der Waals surface area contributed by atoms with Crippen molar-refractivity contribution in [1.82, 2.24) is 15.6 Å². The summed E-state index contributed by atoms with van der Waals surface area (Å²) in [6.07, 6.45) is 3.39. The van der Waals surface area contributed by atoms with Crippen LogP contribution in [-0.2, 0) is 6.42 Å². The second-order valence-electron chi connectivity index (χ2n) is 5.11. The number of aromatic nitrogens is 1. The van der Waals surface area contributed by atoms with Gasteiger partial charge in [0.25, 0.3) is 0 Å². The Hall–Kier alpha value is -0.370. The van der Waals surface area contributed by atoms with Crippen molar-refractivity contribution in [1.29, 1.82) is 0 Å². The molecule has 0 aliphatic heterocycles. The number of unbranched alkanes of at least 4 members (excludes halogenated alkanes) is 1. The van der Waals surface area contributed by atoms with Crippen LogP contribution in [0.1, 0.15) is 37.4 Å². The summed E-state index contributed by atoms with van der Waals surface area (Å²) in [7, 11) is 1.81. The van der Waals surface area contributed by atoms with E-state index >= 15 is 0 Å². The molecule has 116 valence electrons. The van der Waals surface area contributed by atoms with Gasteiger partial charge in [-0.3, -0.25) is 4.99 Å². The third-order valence-corrected chi connectivity index (χ3v) is 3.70. The highest BCUT2D eigenvalue weighted by Gasteiger charge is 2.00. The number of aliphatic imine (C=N–C) groups is 1. The Bertz CT molecular complexity index is 390. The fourth-order valence-electron chi connectivity index (χ4n) is 1.65. The average Bonchev–Trinajstić information content (AvgIpc) is 2.78. The third kappa shape index (κ3) is 8.73. The van der Waals surface area contributed by atoms with Gasteiger partial charge < -0.3 is 10.6 Å². The van der Waals surface area contributed by atoms with Crippen LogP contribution in [0.4, 0.5) is 0 Å². The number of hydrogen-bond acceptors (Lipinski definition) is 3. The molecule has 1 aromatic rings. The van der Waals surface area contributed by atoms with Crippen molar-refractivity contribution in [3.05, 3.63) is 16.1 Å². The predicted molar refractivity (Wildman–Crippen MR) is 99.4 cm³/mol. The number of aryl methyl sites for hydroxylation is 2. The number of nitrogens with one attached hydrogen (secondary N) is 2. The van der Waals surface area contributed by atoms with E-state index in [9.17, 15) is 0 Å². The van der Waals surface area contributed by atoms with Gasteiger partial charge in [0.05, 0.1) is 5.01 Å². The molecule has 0 bridgehead atoms. The normalized spacial score (nSPS) is 11.3. The second-order valence-corrected chi connectivity index (χ2v) is 6.06. The molecule has 1 aromatic heterocycles. The first-order valence-electron chi connectivity index (χ1n) is 6.97. The number of thiazole rings is 1. The van der Waals surface area contributed by atoms with Gasteiger partial charge in [-0.2, -0.15) is 0 Å². The summed E-state index contributed by atoms with van der Waals surface area (Å²) < 4.78 is 0. The van der Waals surface area contributed by atoms with Crippen molar-refractivity contribution in [2.24, 2.45) is 10.9 Å². The van der Waals surface area contributed by atoms with E-state index in [0.717, 1.165) is 37.6 Å². The van der Waals surface area contributed by atoms with E-state index in [-0.39, 0.29) is 24.0 Å². The molecule has 0 amide bonds.